The minimum absolute atomic E-state index is 0.00201. The Kier molecular flexibility index (Phi) is 27.7. The second-order valence-electron chi connectivity index (χ2n) is 12.4. The van der Waals surface area contributed by atoms with Crippen molar-refractivity contribution in [3.05, 3.63) is 36.5 Å². The van der Waals surface area contributed by atoms with Crippen molar-refractivity contribution < 1.29 is 46.0 Å². The molecule has 0 aliphatic heterocycles. The number of guanidine groups is 1. The van der Waals surface area contributed by atoms with Crippen LogP contribution in [0.1, 0.15) is 110 Å². The summed E-state index contributed by atoms with van der Waals surface area (Å²) in [6.45, 7) is 4.40. The van der Waals surface area contributed by atoms with Crippen molar-refractivity contribution in [3.8, 4) is 0 Å². The zero-order valence-corrected chi connectivity index (χ0v) is 28.5. The molecule has 11 N–H and O–H groups in total. The number of aliphatic hydroxyl groups is 9. The van der Waals surface area contributed by atoms with Gasteiger partial charge in [-0.05, 0) is 64.2 Å². The standard InChI is InChI=1S/C35H65N3O9/c1-3-5-6-7-19-37-35(36)38-20-11-18-33(46)23-30(43)14-9-13-28(41)22-29(42)15-10-17-32(45)25-34(47)24-31(44)16-8-12-27(40)21-26(39)4-2/h8-10,12-13,17,19,26-34,39-47H,3-7,11,14-16,18,20-25H2,1-2H3,(H2,36,38)/b12-8+,13-9+,17-10+,37-19?. The van der Waals surface area contributed by atoms with E-state index in [1.165, 1.54) is 18.2 Å². The SMILES string of the molecule is CCCCCC=NC(N)=NCCCC(O)CC(O)C/C=C/C(O)CC(O)C/C=C/C(O)CC(O)CC(O)C/C=C/C(O)CC(O)CC. The van der Waals surface area contributed by atoms with Crippen LogP contribution in [0.25, 0.3) is 0 Å². The molecule has 0 aromatic rings. The van der Waals surface area contributed by atoms with Gasteiger partial charge in [-0.1, -0.05) is 63.1 Å². The number of aliphatic hydroxyl groups excluding tert-OH is 9. The maximum absolute atomic E-state index is 10.2. The van der Waals surface area contributed by atoms with Gasteiger partial charge in [0.15, 0.2) is 0 Å². The molecular formula is C35H65N3O9. The van der Waals surface area contributed by atoms with Gasteiger partial charge in [0.05, 0.1) is 54.9 Å². The van der Waals surface area contributed by atoms with Crippen molar-refractivity contribution in [2.24, 2.45) is 15.7 Å². The van der Waals surface area contributed by atoms with Crippen molar-refractivity contribution in [2.75, 3.05) is 6.54 Å². The third-order valence-corrected chi connectivity index (χ3v) is 7.53. The van der Waals surface area contributed by atoms with Crippen LogP contribution in [0.15, 0.2) is 46.4 Å². The molecule has 0 aliphatic rings. The highest BCUT2D eigenvalue weighted by Gasteiger charge is 2.16. The molecule has 0 bridgehead atoms. The Morgan fingerprint density at radius 1 is 0.574 bits per heavy atom. The molecule has 12 heteroatoms. The van der Waals surface area contributed by atoms with E-state index < -0.39 is 54.9 Å². The van der Waals surface area contributed by atoms with E-state index in [9.17, 15) is 46.0 Å². The van der Waals surface area contributed by atoms with Crippen LogP contribution in [0.5, 0.6) is 0 Å². The minimum atomic E-state index is -0.982. The molecule has 0 aliphatic carbocycles. The van der Waals surface area contributed by atoms with Crippen molar-refractivity contribution in [1.82, 2.24) is 0 Å². The molecule has 12 nitrogen and oxygen atoms in total. The Balaban J connectivity index is 4.19. The predicted molar refractivity (Wildman–Crippen MR) is 187 cm³/mol. The Morgan fingerprint density at radius 3 is 1.55 bits per heavy atom. The Bertz CT molecular complexity index is 900. The molecule has 0 heterocycles. The molecule has 9 atom stereocenters. The molecule has 0 radical (unpaired) electrons. The molecule has 0 aromatic carbocycles. The zero-order chi connectivity index (χ0) is 35.5. The van der Waals surface area contributed by atoms with E-state index in [4.69, 9.17) is 5.73 Å². The fourth-order valence-electron chi connectivity index (χ4n) is 4.75. The van der Waals surface area contributed by atoms with E-state index in [-0.39, 0.29) is 57.3 Å². The summed E-state index contributed by atoms with van der Waals surface area (Å²) in [5.41, 5.74) is 5.75. The Labute approximate surface area is 281 Å². The monoisotopic (exact) mass is 671 g/mol. The Hall–Kier alpha value is -2.00. The second kappa shape index (κ2) is 29.0. The van der Waals surface area contributed by atoms with E-state index in [1.54, 1.807) is 24.4 Å². The summed E-state index contributed by atoms with van der Waals surface area (Å²) in [5.74, 6) is 0.228. The van der Waals surface area contributed by atoms with Gasteiger partial charge in [-0.2, -0.15) is 0 Å². The Morgan fingerprint density at radius 2 is 1.04 bits per heavy atom. The first kappa shape index (κ1) is 45.0. The number of rotatable bonds is 28. The molecule has 9 unspecified atom stereocenters. The topological polar surface area (TPSA) is 233 Å². The first-order valence-electron chi connectivity index (χ1n) is 17.3. The molecule has 0 rings (SSSR count). The molecule has 274 valence electrons. The molecule has 0 spiro atoms. The summed E-state index contributed by atoms with van der Waals surface area (Å²) in [6, 6.07) is 0. The first-order valence-corrected chi connectivity index (χ1v) is 17.3. The lowest BCUT2D eigenvalue weighted by Gasteiger charge is -2.17. The van der Waals surface area contributed by atoms with Crippen LogP contribution in [0.4, 0.5) is 0 Å². The summed E-state index contributed by atoms with van der Waals surface area (Å²) < 4.78 is 0. The lowest BCUT2D eigenvalue weighted by molar-refractivity contribution is 0.0523. The third-order valence-electron chi connectivity index (χ3n) is 7.53. The lowest BCUT2D eigenvalue weighted by atomic mass is 10.0. The number of unbranched alkanes of at least 4 members (excludes halogenated alkanes) is 3. The number of nitrogens with zero attached hydrogens (tertiary/aromatic N) is 2. The highest BCUT2D eigenvalue weighted by molar-refractivity contribution is 5.86. The largest absolute Gasteiger partial charge is 0.393 e. The third kappa shape index (κ3) is 28.7. The van der Waals surface area contributed by atoms with E-state index in [0.29, 0.717) is 25.8 Å². The highest BCUT2D eigenvalue weighted by Crippen LogP contribution is 2.13. The molecule has 47 heavy (non-hydrogen) atoms. The summed E-state index contributed by atoms with van der Waals surface area (Å²) in [4.78, 5) is 8.27. The van der Waals surface area contributed by atoms with Gasteiger partial charge in [0.2, 0.25) is 5.96 Å². The van der Waals surface area contributed by atoms with E-state index >= 15 is 0 Å². The molecule has 0 aromatic heterocycles. The van der Waals surface area contributed by atoms with Gasteiger partial charge in [-0.15, -0.1) is 0 Å². The van der Waals surface area contributed by atoms with Crippen LogP contribution in [-0.2, 0) is 0 Å². The van der Waals surface area contributed by atoms with Crippen LogP contribution in [0, 0.1) is 0 Å². The van der Waals surface area contributed by atoms with Crippen LogP contribution in [0.3, 0.4) is 0 Å². The van der Waals surface area contributed by atoms with Crippen LogP contribution >= 0.6 is 0 Å². The van der Waals surface area contributed by atoms with Crippen molar-refractivity contribution >= 4 is 12.2 Å². The molecule has 0 amide bonds. The number of nitrogens with two attached hydrogens (primary N) is 1. The lowest BCUT2D eigenvalue weighted by Crippen LogP contribution is -2.22. The number of hydrogen-bond acceptors (Lipinski definition) is 10. The van der Waals surface area contributed by atoms with Gasteiger partial charge in [-0.3, -0.25) is 4.99 Å². The zero-order valence-electron chi connectivity index (χ0n) is 28.5. The fraction of sp³-hybridized carbons (Fsp3) is 0.771. The highest BCUT2D eigenvalue weighted by atomic mass is 16.3. The van der Waals surface area contributed by atoms with Gasteiger partial charge in [0.1, 0.15) is 0 Å². The van der Waals surface area contributed by atoms with Crippen molar-refractivity contribution in [3.63, 3.8) is 0 Å². The van der Waals surface area contributed by atoms with Crippen LogP contribution < -0.4 is 5.73 Å². The minimum Gasteiger partial charge on any atom is -0.393 e. The van der Waals surface area contributed by atoms with Gasteiger partial charge >= 0.3 is 0 Å². The number of hydrogen-bond donors (Lipinski definition) is 10. The number of aliphatic imine (C=N–C) groups is 2. The molecule has 0 saturated carbocycles. The van der Waals surface area contributed by atoms with Gasteiger partial charge in [0, 0.05) is 32.0 Å². The van der Waals surface area contributed by atoms with Crippen molar-refractivity contribution in [1.29, 1.82) is 0 Å². The van der Waals surface area contributed by atoms with Crippen molar-refractivity contribution in [2.45, 2.75) is 165 Å². The second-order valence-corrected chi connectivity index (χ2v) is 12.4. The van der Waals surface area contributed by atoms with Gasteiger partial charge in [0.25, 0.3) is 0 Å². The molecule has 0 fully saturated rings. The van der Waals surface area contributed by atoms with E-state index in [1.807, 2.05) is 6.92 Å². The summed E-state index contributed by atoms with van der Waals surface area (Å²) >= 11 is 0. The summed E-state index contributed by atoms with van der Waals surface area (Å²) in [6.07, 6.45) is 10.5. The maximum atomic E-state index is 10.2. The fourth-order valence-corrected chi connectivity index (χ4v) is 4.75. The average Bonchev–Trinajstić information content (AvgIpc) is 2.98. The van der Waals surface area contributed by atoms with Gasteiger partial charge < -0.3 is 51.7 Å². The van der Waals surface area contributed by atoms with Crippen LogP contribution in [0.2, 0.25) is 0 Å². The smallest absolute Gasteiger partial charge is 0.214 e. The van der Waals surface area contributed by atoms with E-state index in [2.05, 4.69) is 16.9 Å². The van der Waals surface area contributed by atoms with E-state index in [0.717, 1.165) is 25.7 Å². The van der Waals surface area contributed by atoms with Crippen LogP contribution in [-0.4, -0.2) is 120 Å². The average molecular weight is 672 g/mol. The predicted octanol–water partition coefficient (Wildman–Crippen LogP) is 2.18. The summed E-state index contributed by atoms with van der Waals surface area (Å²) in [5, 5.41) is 90.5. The summed E-state index contributed by atoms with van der Waals surface area (Å²) in [7, 11) is 0. The quantitative estimate of drug-likeness (QED) is 0.0252. The molecular weight excluding hydrogens is 606 g/mol. The normalized spacial score (nSPS) is 19.0. The first-order chi connectivity index (χ1) is 22.4. The maximum Gasteiger partial charge on any atom is 0.214 e. The molecule has 0 saturated heterocycles. The van der Waals surface area contributed by atoms with Gasteiger partial charge in [-0.25, -0.2) is 4.99 Å².